The average molecular weight is 278 g/mol. The number of carbonyl (C=O) groups excluding carboxylic acids is 3. The summed E-state index contributed by atoms with van der Waals surface area (Å²) >= 11 is 0. The maximum Gasteiger partial charge on any atom is 0.488 e. The van der Waals surface area contributed by atoms with Gasteiger partial charge in [0.15, 0.2) is 6.10 Å². The predicted octanol–water partition coefficient (Wildman–Crippen LogP) is -1.67. The summed E-state index contributed by atoms with van der Waals surface area (Å²) in [6.07, 6.45) is -2.26. The number of nitrogens with one attached hydrogen (secondary N) is 2. The summed E-state index contributed by atoms with van der Waals surface area (Å²) in [6.45, 7) is 0. The number of hydrogen-bond donors (Lipinski definition) is 4. The van der Waals surface area contributed by atoms with E-state index in [1.807, 2.05) is 5.32 Å². The molecule has 1 aliphatic heterocycles. The molecule has 0 spiro atoms. The predicted molar refractivity (Wildman–Crippen MR) is 67.9 cm³/mol. The van der Waals surface area contributed by atoms with E-state index < -0.39 is 31.1 Å². The number of amides is 3. The first-order valence-electron chi connectivity index (χ1n) is 5.73. The Labute approximate surface area is 113 Å². The van der Waals surface area contributed by atoms with Gasteiger partial charge in [-0.3, -0.25) is 20.2 Å². The number of anilines is 1. The van der Waals surface area contributed by atoms with Crippen LogP contribution >= 0.6 is 0 Å². The van der Waals surface area contributed by atoms with Gasteiger partial charge in [0.2, 0.25) is 5.91 Å². The Balaban J connectivity index is 1.96. The monoisotopic (exact) mass is 278 g/mol. The van der Waals surface area contributed by atoms with Crippen LogP contribution in [-0.4, -0.2) is 41.2 Å². The van der Waals surface area contributed by atoms with Crippen LogP contribution in [0.15, 0.2) is 24.3 Å². The van der Waals surface area contributed by atoms with E-state index in [2.05, 4.69) is 5.32 Å². The lowest BCUT2D eigenvalue weighted by Gasteiger charge is -2.10. The summed E-state index contributed by atoms with van der Waals surface area (Å²) in [5, 5.41) is 22.3. The van der Waals surface area contributed by atoms with Crippen molar-refractivity contribution in [3.63, 3.8) is 0 Å². The van der Waals surface area contributed by atoms with Crippen molar-refractivity contribution >= 4 is 36.2 Å². The Morgan fingerprint density at radius 2 is 2.15 bits per heavy atom. The van der Waals surface area contributed by atoms with Gasteiger partial charge in [-0.15, -0.1) is 0 Å². The first kappa shape index (κ1) is 14.0. The molecule has 0 aliphatic carbocycles. The molecule has 4 N–H and O–H groups in total. The van der Waals surface area contributed by atoms with Crippen LogP contribution in [0.2, 0.25) is 0 Å². The van der Waals surface area contributed by atoms with Crippen LogP contribution in [0.25, 0.3) is 0 Å². The van der Waals surface area contributed by atoms with Gasteiger partial charge in [0.1, 0.15) is 0 Å². The second-order valence-electron chi connectivity index (χ2n) is 4.13. The highest BCUT2D eigenvalue weighted by molar-refractivity contribution is 6.58. The van der Waals surface area contributed by atoms with Gasteiger partial charge in [0, 0.05) is 5.69 Å². The SMILES string of the molecule is O=C1CC(OC(=O)Nc2cccc(B(O)O)c2)C(=O)N1. The van der Waals surface area contributed by atoms with Gasteiger partial charge in [0.05, 0.1) is 6.42 Å². The molecule has 1 aromatic carbocycles. The van der Waals surface area contributed by atoms with Crippen LogP contribution < -0.4 is 16.1 Å². The zero-order valence-electron chi connectivity index (χ0n) is 10.2. The highest BCUT2D eigenvalue weighted by atomic mass is 16.6. The van der Waals surface area contributed by atoms with Gasteiger partial charge in [-0.1, -0.05) is 12.1 Å². The van der Waals surface area contributed by atoms with E-state index in [0.717, 1.165) is 0 Å². The Bertz CT molecular complexity index is 562. The Kier molecular flexibility index (Phi) is 4.01. The number of benzene rings is 1. The largest absolute Gasteiger partial charge is 0.488 e. The zero-order chi connectivity index (χ0) is 14.7. The maximum atomic E-state index is 11.6. The summed E-state index contributed by atoms with van der Waals surface area (Å²) in [6, 6.07) is 5.82. The van der Waals surface area contributed by atoms with E-state index in [0.29, 0.717) is 0 Å². The molecule has 1 aliphatic rings. The minimum absolute atomic E-state index is 0.191. The molecular weight excluding hydrogens is 267 g/mol. The third-order valence-electron chi connectivity index (χ3n) is 2.61. The van der Waals surface area contributed by atoms with Crippen molar-refractivity contribution in [2.45, 2.75) is 12.5 Å². The third kappa shape index (κ3) is 3.34. The van der Waals surface area contributed by atoms with Crippen molar-refractivity contribution < 1.29 is 29.2 Å². The molecule has 20 heavy (non-hydrogen) atoms. The van der Waals surface area contributed by atoms with Crippen molar-refractivity contribution in [3.05, 3.63) is 24.3 Å². The summed E-state index contributed by atoms with van der Waals surface area (Å²) < 4.78 is 4.79. The first-order chi connectivity index (χ1) is 9.45. The number of imide groups is 1. The van der Waals surface area contributed by atoms with Gasteiger partial charge in [-0.25, -0.2) is 4.79 Å². The van der Waals surface area contributed by atoms with Gasteiger partial charge < -0.3 is 14.8 Å². The van der Waals surface area contributed by atoms with Crippen LogP contribution in [-0.2, 0) is 14.3 Å². The smallest absolute Gasteiger partial charge is 0.435 e. The quantitative estimate of drug-likeness (QED) is 0.387. The lowest BCUT2D eigenvalue weighted by molar-refractivity contribution is -0.127. The molecule has 1 saturated heterocycles. The summed E-state index contributed by atoms with van der Waals surface area (Å²) in [4.78, 5) is 33.7. The fourth-order valence-electron chi connectivity index (χ4n) is 1.68. The average Bonchev–Trinajstić information content (AvgIpc) is 2.67. The van der Waals surface area contributed by atoms with Crippen molar-refractivity contribution in [3.8, 4) is 0 Å². The molecule has 3 amide bonds. The van der Waals surface area contributed by atoms with Gasteiger partial charge in [-0.2, -0.15) is 0 Å². The first-order valence-corrected chi connectivity index (χ1v) is 5.73. The fraction of sp³-hybridized carbons (Fsp3) is 0.182. The summed E-state index contributed by atoms with van der Waals surface area (Å²) in [5.41, 5.74) is 0.460. The molecule has 8 nitrogen and oxygen atoms in total. The molecule has 1 fully saturated rings. The fourth-order valence-corrected chi connectivity index (χ4v) is 1.68. The Morgan fingerprint density at radius 3 is 2.75 bits per heavy atom. The lowest BCUT2D eigenvalue weighted by Crippen LogP contribution is -2.31. The highest BCUT2D eigenvalue weighted by Gasteiger charge is 2.33. The molecule has 0 bridgehead atoms. The summed E-state index contributed by atoms with van der Waals surface area (Å²) in [7, 11) is -1.66. The maximum absolute atomic E-state index is 11.6. The van der Waals surface area contributed by atoms with Crippen molar-refractivity contribution in [2.24, 2.45) is 0 Å². The van der Waals surface area contributed by atoms with Crippen LogP contribution in [0.1, 0.15) is 6.42 Å². The number of rotatable bonds is 3. The minimum atomic E-state index is -1.66. The molecule has 1 atom stereocenters. The van der Waals surface area contributed by atoms with E-state index >= 15 is 0 Å². The minimum Gasteiger partial charge on any atom is -0.435 e. The molecule has 2 rings (SSSR count). The Hall–Kier alpha value is -2.39. The van der Waals surface area contributed by atoms with Crippen molar-refractivity contribution in [1.82, 2.24) is 5.32 Å². The second kappa shape index (κ2) is 5.72. The molecule has 1 unspecified atom stereocenters. The molecule has 1 aromatic rings. The normalized spacial score (nSPS) is 17.6. The van der Waals surface area contributed by atoms with E-state index in [1.165, 1.54) is 24.3 Å². The molecule has 0 saturated carbocycles. The van der Waals surface area contributed by atoms with E-state index in [1.54, 1.807) is 0 Å². The molecule has 0 aromatic heterocycles. The van der Waals surface area contributed by atoms with Gasteiger partial charge in [0.25, 0.3) is 5.91 Å². The van der Waals surface area contributed by atoms with Crippen molar-refractivity contribution in [1.29, 1.82) is 0 Å². The van der Waals surface area contributed by atoms with Crippen LogP contribution in [0, 0.1) is 0 Å². The standard InChI is InChI=1S/C11H11BN2O6/c15-9-5-8(10(16)14-9)20-11(17)13-7-3-1-2-6(4-7)12(18)19/h1-4,8,18-19H,5H2,(H,13,17)(H,14,15,16). The lowest BCUT2D eigenvalue weighted by atomic mass is 9.80. The zero-order valence-corrected chi connectivity index (χ0v) is 10.2. The van der Waals surface area contributed by atoms with E-state index in [4.69, 9.17) is 14.8 Å². The summed E-state index contributed by atoms with van der Waals surface area (Å²) in [5.74, 6) is -1.16. The van der Waals surface area contributed by atoms with Gasteiger partial charge in [-0.05, 0) is 17.6 Å². The number of hydrogen-bond acceptors (Lipinski definition) is 6. The van der Waals surface area contributed by atoms with Crippen LogP contribution in [0.5, 0.6) is 0 Å². The topological polar surface area (TPSA) is 125 Å². The molecule has 0 radical (unpaired) electrons. The third-order valence-corrected chi connectivity index (χ3v) is 2.61. The van der Waals surface area contributed by atoms with Crippen LogP contribution in [0.4, 0.5) is 10.5 Å². The van der Waals surface area contributed by atoms with E-state index in [-0.39, 0.29) is 17.6 Å². The van der Waals surface area contributed by atoms with Gasteiger partial charge >= 0.3 is 13.2 Å². The van der Waals surface area contributed by atoms with E-state index in [9.17, 15) is 14.4 Å². The molecule has 1 heterocycles. The molecule has 9 heteroatoms. The second-order valence-corrected chi connectivity index (χ2v) is 4.13. The molecule has 104 valence electrons. The Morgan fingerprint density at radius 1 is 1.40 bits per heavy atom. The highest BCUT2D eigenvalue weighted by Crippen LogP contribution is 2.10. The van der Waals surface area contributed by atoms with Crippen LogP contribution in [0.3, 0.4) is 0 Å². The number of carbonyl (C=O) groups is 3. The molecular formula is C11H11BN2O6. The number of ether oxygens (including phenoxy) is 1. The van der Waals surface area contributed by atoms with Crippen molar-refractivity contribution in [2.75, 3.05) is 5.32 Å².